The normalized spacial score (nSPS) is 16.4. The van der Waals surface area contributed by atoms with Gasteiger partial charge in [-0.05, 0) is 26.7 Å². The number of quaternary nitrogens is 1. The summed E-state index contributed by atoms with van der Waals surface area (Å²) in [5.41, 5.74) is 0. The summed E-state index contributed by atoms with van der Waals surface area (Å²) in [5.74, 6) is 0. The maximum atomic E-state index is 2.44. The van der Waals surface area contributed by atoms with E-state index < -0.39 is 0 Å². The highest BCUT2D eigenvalue weighted by Crippen LogP contribution is 2.25. The zero-order chi connectivity index (χ0) is 19.6. The first-order valence-corrected chi connectivity index (χ1v) is 13.1. The average molecular weight is 381 g/mol. The van der Waals surface area contributed by atoms with Crippen molar-refractivity contribution in [2.45, 2.75) is 149 Å². The Morgan fingerprint density at radius 2 is 0.852 bits per heavy atom. The minimum Gasteiger partial charge on any atom is -0.322 e. The smallest absolute Gasteiger partial charge is 0.0833 e. The quantitative estimate of drug-likeness (QED) is 0.155. The third-order valence-corrected chi connectivity index (χ3v) is 7.26. The van der Waals surface area contributed by atoms with Gasteiger partial charge in [-0.15, -0.1) is 0 Å². The van der Waals surface area contributed by atoms with Gasteiger partial charge in [-0.2, -0.15) is 0 Å². The average Bonchev–Trinajstić information content (AvgIpc) is 3.14. The molecule has 0 amide bonds. The van der Waals surface area contributed by atoms with Crippen LogP contribution in [0.25, 0.3) is 0 Å². The fourth-order valence-corrected chi connectivity index (χ4v) is 5.11. The monoisotopic (exact) mass is 380 g/mol. The van der Waals surface area contributed by atoms with Gasteiger partial charge in [-0.1, -0.05) is 103 Å². The van der Waals surface area contributed by atoms with Crippen LogP contribution in [0.1, 0.15) is 143 Å². The fourth-order valence-electron chi connectivity index (χ4n) is 5.11. The molecule has 0 aromatic rings. The molecule has 0 bridgehead atoms. The lowest BCUT2D eigenvalue weighted by Gasteiger charge is -2.38. The third kappa shape index (κ3) is 12.2. The van der Waals surface area contributed by atoms with Gasteiger partial charge in [0.2, 0.25) is 0 Å². The standard InChI is InChI=1S/C26H54N/c1-4-5-6-7-8-9-10-11-12-13-14-15-16-17-18-19-20-23-27(26(2)3)24-21-22-25-27/h26H,4-25H2,1-3H3/q+1. The molecular weight excluding hydrogens is 326 g/mol. The lowest BCUT2D eigenvalue weighted by molar-refractivity contribution is -0.937. The summed E-state index contributed by atoms with van der Waals surface area (Å²) in [6, 6.07) is 0.841. The van der Waals surface area contributed by atoms with E-state index in [-0.39, 0.29) is 0 Å². The number of unbranched alkanes of at least 4 members (excludes halogenated alkanes) is 16. The van der Waals surface area contributed by atoms with Crippen molar-refractivity contribution in [1.82, 2.24) is 0 Å². The van der Waals surface area contributed by atoms with Crippen LogP contribution in [-0.2, 0) is 0 Å². The van der Waals surface area contributed by atoms with E-state index >= 15 is 0 Å². The minimum absolute atomic E-state index is 0.841. The van der Waals surface area contributed by atoms with Crippen LogP contribution in [-0.4, -0.2) is 30.2 Å². The van der Waals surface area contributed by atoms with Crippen molar-refractivity contribution in [2.24, 2.45) is 0 Å². The van der Waals surface area contributed by atoms with Crippen LogP contribution in [0.5, 0.6) is 0 Å². The van der Waals surface area contributed by atoms with Crippen molar-refractivity contribution in [3.8, 4) is 0 Å². The summed E-state index contributed by atoms with van der Waals surface area (Å²) in [5, 5.41) is 0. The summed E-state index contributed by atoms with van der Waals surface area (Å²) in [6.07, 6.45) is 28.0. The highest BCUT2D eigenvalue weighted by atomic mass is 15.4. The van der Waals surface area contributed by atoms with E-state index in [1.807, 2.05) is 0 Å². The Hall–Kier alpha value is -0.0400. The number of hydrogen-bond acceptors (Lipinski definition) is 0. The SMILES string of the molecule is CCCCCCCCCCCCCCCCCCC[N+]1(C(C)C)CCCC1. The second-order valence-electron chi connectivity index (χ2n) is 9.85. The molecule has 0 aromatic carbocycles. The van der Waals surface area contributed by atoms with Gasteiger partial charge in [0.05, 0.1) is 25.7 Å². The summed E-state index contributed by atoms with van der Waals surface area (Å²) >= 11 is 0. The van der Waals surface area contributed by atoms with Gasteiger partial charge in [0.1, 0.15) is 0 Å². The molecule has 0 saturated carbocycles. The molecule has 162 valence electrons. The predicted molar refractivity (Wildman–Crippen MR) is 123 cm³/mol. The topological polar surface area (TPSA) is 0 Å². The van der Waals surface area contributed by atoms with E-state index in [0.717, 1.165) is 6.04 Å². The first kappa shape index (κ1) is 25.0. The summed E-state index contributed by atoms with van der Waals surface area (Å²) in [4.78, 5) is 0. The molecule has 1 fully saturated rings. The molecular formula is C26H54N+. The zero-order valence-electron chi connectivity index (χ0n) is 19.6. The minimum atomic E-state index is 0.841. The fraction of sp³-hybridized carbons (Fsp3) is 1.00. The van der Waals surface area contributed by atoms with Gasteiger partial charge >= 0.3 is 0 Å². The van der Waals surface area contributed by atoms with Crippen LogP contribution in [0.4, 0.5) is 0 Å². The van der Waals surface area contributed by atoms with Crippen LogP contribution in [0.3, 0.4) is 0 Å². The van der Waals surface area contributed by atoms with Crippen molar-refractivity contribution in [3.05, 3.63) is 0 Å². The molecule has 1 aliphatic heterocycles. The predicted octanol–water partition coefficient (Wildman–Crippen LogP) is 8.66. The number of hydrogen-bond donors (Lipinski definition) is 0. The lowest BCUT2D eigenvalue weighted by Crippen LogP contribution is -2.51. The molecule has 1 aliphatic rings. The summed E-state index contributed by atoms with van der Waals surface area (Å²) in [7, 11) is 0. The number of nitrogens with zero attached hydrogens (tertiary/aromatic N) is 1. The second kappa shape index (κ2) is 16.9. The van der Waals surface area contributed by atoms with Crippen molar-refractivity contribution in [1.29, 1.82) is 0 Å². The van der Waals surface area contributed by atoms with Crippen molar-refractivity contribution < 1.29 is 4.48 Å². The molecule has 1 heterocycles. The Bertz CT molecular complexity index is 303. The summed E-state index contributed by atoms with van der Waals surface area (Å²) in [6.45, 7) is 11.6. The van der Waals surface area contributed by atoms with E-state index in [4.69, 9.17) is 0 Å². The molecule has 0 spiro atoms. The molecule has 27 heavy (non-hydrogen) atoms. The van der Waals surface area contributed by atoms with Crippen LogP contribution in [0, 0.1) is 0 Å². The highest BCUT2D eigenvalue weighted by Gasteiger charge is 2.33. The van der Waals surface area contributed by atoms with E-state index in [9.17, 15) is 0 Å². The number of likely N-dealkylation sites (tertiary alicyclic amines) is 1. The van der Waals surface area contributed by atoms with E-state index in [1.54, 1.807) is 0 Å². The molecule has 1 rings (SSSR count). The molecule has 0 aromatic heterocycles. The van der Waals surface area contributed by atoms with Crippen LogP contribution in [0.2, 0.25) is 0 Å². The highest BCUT2D eigenvalue weighted by molar-refractivity contribution is 4.59. The largest absolute Gasteiger partial charge is 0.322 e. The molecule has 0 unspecified atom stereocenters. The van der Waals surface area contributed by atoms with Crippen molar-refractivity contribution in [2.75, 3.05) is 19.6 Å². The molecule has 1 heteroatoms. The van der Waals surface area contributed by atoms with Crippen molar-refractivity contribution in [3.63, 3.8) is 0 Å². The van der Waals surface area contributed by atoms with Gasteiger partial charge in [-0.25, -0.2) is 0 Å². The molecule has 0 aliphatic carbocycles. The maximum Gasteiger partial charge on any atom is 0.0833 e. The molecule has 1 saturated heterocycles. The van der Waals surface area contributed by atoms with Gasteiger partial charge < -0.3 is 4.48 Å². The Balaban J connectivity index is 1.77. The second-order valence-corrected chi connectivity index (χ2v) is 9.85. The Morgan fingerprint density at radius 1 is 0.519 bits per heavy atom. The molecule has 0 N–H and O–H groups in total. The first-order chi connectivity index (χ1) is 13.2. The Morgan fingerprint density at radius 3 is 1.19 bits per heavy atom. The molecule has 1 nitrogen and oxygen atoms in total. The van der Waals surface area contributed by atoms with Gasteiger partial charge in [0, 0.05) is 12.8 Å². The van der Waals surface area contributed by atoms with Gasteiger partial charge in [0.15, 0.2) is 0 Å². The van der Waals surface area contributed by atoms with Crippen LogP contribution < -0.4 is 0 Å². The van der Waals surface area contributed by atoms with E-state index in [1.165, 1.54) is 146 Å². The van der Waals surface area contributed by atoms with E-state index in [0.29, 0.717) is 0 Å². The first-order valence-electron chi connectivity index (χ1n) is 13.1. The lowest BCUT2D eigenvalue weighted by atomic mass is 10.0. The van der Waals surface area contributed by atoms with Crippen LogP contribution >= 0.6 is 0 Å². The van der Waals surface area contributed by atoms with Crippen molar-refractivity contribution >= 4 is 0 Å². The zero-order valence-corrected chi connectivity index (χ0v) is 19.6. The van der Waals surface area contributed by atoms with E-state index in [2.05, 4.69) is 20.8 Å². The Kier molecular flexibility index (Phi) is 15.6. The number of rotatable bonds is 19. The molecule has 0 atom stereocenters. The van der Waals surface area contributed by atoms with Gasteiger partial charge in [0.25, 0.3) is 0 Å². The third-order valence-electron chi connectivity index (χ3n) is 7.26. The van der Waals surface area contributed by atoms with Crippen LogP contribution in [0.15, 0.2) is 0 Å². The van der Waals surface area contributed by atoms with Gasteiger partial charge in [-0.3, -0.25) is 0 Å². The maximum absolute atomic E-state index is 2.44. The Labute approximate surface area is 173 Å². The molecule has 0 radical (unpaired) electrons. The summed E-state index contributed by atoms with van der Waals surface area (Å²) < 4.78 is 1.43.